The van der Waals surface area contributed by atoms with E-state index in [1.54, 1.807) is 23.5 Å². The number of ether oxygens (including phenoxy) is 3. The van der Waals surface area contributed by atoms with Gasteiger partial charge in [-0.3, -0.25) is 0 Å². The second-order valence-corrected chi connectivity index (χ2v) is 14.3. The summed E-state index contributed by atoms with van der Waals surface area (Å²) in [5.74, 6) is 0. The van der Waals surface area contributed by atoms with Crippen molar-refractivity contribution in [2.24, 2.45) is 0 Å². The van der Waals surface area contributed by atoms with Gasteiger partial charge in [0.25, 0.3) is 0 Å². The Kier molecular flexibility index (Phi) is 21.8. The van der Waals surface area contributed by atoms with Crippen LogP contribution in [0.15, 0.2) is 46.2 Å². The van der Waals surface area contributed by atoms with E-state index >= 15 is 0 Å². The average molecular weight is 683 g/mol. The summed E-state index contributed by atoms with van der Waals surface area (Å²) in [5.41, 5.74) is 3.05. The van der Waals surface area contributed by atoms with Crippen molar-refractivity contribution in [2.75, 3.05) is 19.8 Å². The first kappa shape index (κ1) is 40.1. The standard InChI is InChI=1S/C28H50N2O4S.C7H8O3S/c1-2-3-4-5-6-7-8-9-10-11-12-13-15-18-27-32-23-26(34-27)24-33-28(31)29-19-16-14-17-20-30-21-22-35-25-30;1-6-2-4-7(5-3-6)11(8,9)10/h21-22,25-27H,2-20,23-24H2,1H3;2-5H,1H3,(H,8,9,10)/t26-,27+;/m1./s1. The molecule has 0 bridgehead atoms. The van der Waals surface area contributed by atoms with Crippen LogP contribution in [-0.4, -0.2) is 51.2 Å². The van der Waals surface area contributed by atoms with E-state index in [4.69, 9.17) is 14.2 Å². The SMILES string of the molecule is CCCCCCCCCCCCCCC[C@H]1OC[C@H](COC(=O)NCCCCC[n+]2ccsc2)O1.Cc1ccc(S(=O)(=O)[O-])cc1. The van der Waals surface area contributed by atoms with Gasteiger partial charge in [-0.1, -0.05) is 113 Å². The Morgan fingerprint density at radius 3 is 2.13 bits per heavy atom. The van der Waals surface area contributed by atoms with Crippen molar-refractivity contribution >= 4 is 27.5 Å². The summed E-state index contributed by atoms with van der Waals surface area (Å²) in [5, 5.41) is 4.91. The Balaban J connectivity index is 0.000000562. The molecule has 1 N–H and O–H groups in total. The zero-order chi connectivity index (χ0) is 33.3. The fourth-order valence-electron chi connectivity index (χ4n) is 5.18. The molecule has 1 aliphatic rings. The highest BCUT2D eigenvalue weighted by atomic mass is 32.2. The van der Waals surface area contributed by atoms with Crippen molar-refractivity contribution in [1.82, 2.24) is 5.32 Å². The van der Waals surface area contributed by atoms with Gasteiger partial charge < -0.3 is 24.1 Å². The molecule has 46 heavy (non-hydrogen) atoms. The summed E-state index contributed by atoms with van der Waals surface area (Å²) in [6.07, 6.45) is 23.2. The number of aromatic nitrogens is 1. The molecule has 3 rings (SSSR count). The van der Waals surface area contributed by atoms with Crippen molar-refractivity contribution in [3.63, 3.8) is 0 Å². The smallest absolute Gasteiger partial charge is 0.407 e. The molecule has 0 aliphatic carbocycles. The van der Waals surface area contributed by atoms with Crippen molar-refractivity contribution in [1.29, 1.82) is 0 Å². The van der Waals surface area contributed by atoms with Gasteiger partial charge in [0.05, 0.1) is 16.9 Å². The number of alkyl carbamates (subject to hydrolysis) is 1. The van der Waals surface area contributed by atoms with Gasteiger partial charge in [0, 0.05) is 13.0 Å². The zero-order valence-electron chi connectivity index (χ0n) is 28.2. The highest BCUT2D eigenvalue weighted by Gasteiger charge is 2.26. The Hall–Kier alpha value is -2.05. The van der Waals surface area contributed by atoms with E-state index in [1.807, 2.05) is 6.92 Å². The quantitative estimate of drug-likeness (QED) is 0.0716. The molecule has 2 atom stereocenters. The predicted octanol–water partition coefficient (Wildman–Crippen LogP) is 8.05. The molecule has 0 unspecified atom stereocenters. The summed E-state index contributed by atoms with van der Waals surface area (Å²) in [7, 11) is -4.27. The minimum Gasteiger partial charge on any atom is -0.744 e. The lowest BCUT2D eigenvalue weighted by Crippen LogP contribution is -2.31. The number of amides is 1. The maximum atomic E-state index is 11.9. The number of unbranched alkanes of at least 4 members (excludes halogenated alkanes) is 14. The van der Waals surface area contributed by atoms with Crippen molar-refractivity contribution < 1.29 is 36.5 Å². The zero-order valence-corrected chi connectivity index (χ0v) is 29.8. The normalized spacial score (nSPS) is 16.2. The first-order chi connectivity index (χ1) is 22.3. The number of aryl methyl sites for hydroxylation is 2. The van der Waals surface area contributed by atoms with E-state index in [9.17, 15) is 17.8 Å². The maximum absolute atomic E-state index is 11.9. The van der Waals surface area contributed by atoms with Gasteiger partial charge in [-0.15, -0.1) is 0 Å². The molecule has 9 nitrogen and oxygen atoms in total. The lowest BCUT2D eigenvalue weighted by molar-refractivity contribution is -0.692. The van der Waals surface area contributed by atoms with Gasteiger partial charge in [0.2, 0.25) is 5.51 Å². The molecular weight excluding hydrogens is 625 g/mol. The number of carbonyl (C=O) groups excluding carboxylic acids is 1. The van der Waals surface area contributed by atoms with Crippen LogP contribution in [0.1, 0.15) is 122 Å². The number of nitrogens with one attached hydrogen (secondary N) is 1. The first-order valence-corrected chi connectivity index (χ1v) is 19.7. The van der Waals surface area contributed by atoms with Crippen LogP contribution < -0.4 is 9.88 Å². The lowest BCUT2D eigenvalue weighted by atomic mass is 10.0. The molecule has 11 heteroatoms. The number of carbonyl (C=O) groups is 1. The molecule has 1 amide bonds. The van der Waals surface area contributed by atoms with Crippen LogP contribution in [0.25, 0.3) is 0 Å². The maximum Gasteiger partial charge on any atom is 0.407 e. The molecule has 262 valence electrons. The molecular formula is C35H58N2O7S2. The van der Waals surface area contributed by atoms with Crippen LogP contribution in [0.4, 0.5) is 4.79 Å². The summed E-state index contributed by atoms with van der Waals surface area (Å²) < 4.78 is 50.3. The third kappa shape index (κ3) is 20.2. The molecule has 1 aliphatic heterocycles. The topological polar surface area (TPSA) is 118 Å². The molecule has 1 saturated heterocycles. The fraction of sp³-hybridized carbons (Fsp3) is 0.714. The van der Waals surface area contributed by atoms with Crippen LogP contribution >= 0.6 is 11.3 Å². The lowest BCUT2D eigenvalue weighted by Gasteiger charge is -2.12. The number of hydrogen-bond acceptors (Lipinski definition) is 8. The summed E-state index contributed by atoms with van der Waals surface area (Å²) >= 11 is 1.71. The average Bonchev–Trinajstić information content (AvgIpc) is 3.73. The van der Waals surface area contributed by atoms with E-state index in [2.05, 4.69) is 33.9 Å². The van der Waals surface area contributed by atoms with Crippen molar-refractivity contribution in [2.45, 2.75) is 147 Å². The predicted molar refractivity (Wildman–Crippen MR) is 182 cm³/mol. The van der Waals surface area contributed by atoms with E-state index in [0.29, 0.717) is 13.2 Å². The number of benzene rings is 1. The van der Waals surface area contributed by atoms with E-state index in [1.165, 1.54) is 89.2 Å². The van der Waals surface area contributed by atoms with Crippen LogP contribution in [0, 0.1) is 6.92 Å². The summed E-state index contributed by atoms with van der Waals surface area (Å²) in [6, 6.07) is 5.78. The molecule has 0 spiro atoms. The van der Waals surface area contributed by atoms with Crippen LogP contribution in [0.5, 0.6) is 0 Å². The molecule has 1 fully saturated rings. The van der Waals surface area contributed by atoms with Gasteiger partial charge in [-0.2, -0.15) is 4.57 Å². The molecule has 2 aromatic rings. The van der Waals surface area contributed by atoms with Crippen molar-refractivity contribution in [3.8, 4) is 0 Å². The van der Waals surface area contributed by atoms with Gasteiger partial charge in [-0.25, -0.2) is 13.2 Å². The van der Waals surface area contributed by atoms with E-state index < -0.39 is 10.1 Å². The number of hydrogen-bond donors (Lipinski definition) is 1. The number of nitrogens with zero attached hydrogens (tertiary/aromatic N) is 1. The Morgan fingerprint density at radius 2 is 1.54 bits per heavy atom. The van der Waals surface area contributed by atoms with E-state index in [0.717, 1.165) is 44.2 Å². The largest absolute Gasteiger partial charge is 0.744 e. The summed E-state index contributed by atoms with van der Waals surface area (Å²) in [4.78, 5) is 11.7. The Morgan fingerprint density at radius 1 is 0.935 bits per heavy atom. The molecule has 1 aromatic heterocycles. The molecule has 2 heterocycles. The molecule has 0 radical (unpaired) electrons. The van der Waals surface area contributed by atoms with Crippen LogP contribution in [-0.2, 0) is 30.9 Å². The minimum atomic E-state index is -4.27. The Labute approximate surface area is 282 Å². The van der Waals surface area contributed by atoms with Gasteiger partial charge >= 0.3 is 6.09 Å². The Bertz CT molecular complexity index is 1130. The number of thiazole rings is 1. The number of rotatable bonds is 23. The highest BCUT2D eigenvalue weighted by Crippen LogP contribution is 2.19. The molecule has 0 saturated carbocycles. The highest BCUT2D eigenvalue weighted by molar-refractivity contribution is 7.85. The third-order valence-corrected chi connectivity index (χ3v) is 9.48. The fourth-order valence-corrected chi connectivity index (χ4v) is 6.27. The van der Waals surface area contributed by atoms with Gasteiger partial charge in [-0.05, 0) is 44.7 Å². The van der Waals surface area contributed by atoms with Gasteiger partial charge in [0.15, 0.2) is 12.5 Å². The second kappa shape index (κ2) is 25.0. The second-order valence-electron chi connectivity index (χ2n) is 12.2. The van der Waals surface area contributed by atoms with Gasteiger partial charge in [0.1, 0.15) is 29.4 Å². The first-order valence-electron chi connectivity index (χ1n) is 17.4. The monoisotopic (exact) mass is 682 g/mol. The van der Waals surface area contributed by atoms with E-state index in [-0.39, 0.29) is 30.0 Å². The van der Waals surface area contributed by atoms with Crippen molar-refractivity contribution in [3.05, 3.63) is 46.9 Å². The van der Waals surface area contributed by atoms with Crippen LogP contribution in [0.3, 0.4) is 0 Å². The summed E-state index contributed by atoms with van der Waals surface area (Å²) in [6.45, 7) is 6.55. The third-order valence-electron chi connectivity index (χ3n) is 7.96. The molecule has 1 aromatic carbocycles. The minimum absolute atomic E-state index is 0.138. The van der Waals surface area contributed by atoms with Crippen LogP contribution in [0.2, 0.25) is 0 Å².